The molecule has 1 heterocycles. The largest absolute Gasteiger partial charge is 0.433 e. The van der Waals surface area contributed by atoms with Crippen LogP contribution in [0, 0.1) is 0 Å². The van der Waals surface area contributed by atoms with Crippen molar-refractivity contribution in [3.05, 3.63) is 40.5 Å². The third-order valence-electron chi connectivity index (χ3n) is 3.08. The maximum absolute atomic E-state index is 13.2. The van der Waals surface area contributed by atoms with Crippen molar-refractivity contribution < 1.29 is 26.3 Å². The van der Waals surface area contributed by atoms with Crippen LogP contribution in [-0.4, -0.2) is 15.5 Å². The Hall–Kier alpha value is -2.23. The Morgan fingerprint density at radius 1 is 0.926 bits per heavy atom. The maximum Gasteiger partial charge on any atom is 0.433 e. The normalized spacial score (nSPS) is 12.8. The smallest absolute Gasteiger partial charge is 0.350 e. The van der Waals surface area contributed by atoms with Crippen molar-refractivity contribution in [2.45, 2.75) is 38.7 Å². The van der Waals surface area contributed by atoms with Crippen LogP contribution in [0.25, 0.3) is 0 Å². The molecule has 0 spiro atoms. The zero-order chi connectivity index (χ0) is 20.6. The second-order valence-corrected chi connectivity index (χ2v) is 7.03. The van der Waals surface area contributed by atoms with Crippen LogP contribution in [0.4, 0.5) is 43.8 Å². The summed E-state index contributed by atoms with van der Waals surface area (Å²) in [6.45, 7) is 5.00. The van der Waals surface area contributed by atoms with Gasteiger partial charge in [-0.3, -0.25) is 0 Å². The third-order valence-corrected chi connectivity index (χ3v) is 3.39. The molecule has 1 aromatic heterocycles. The number of aromatic nitrogens is 2. The van der Waals surface area contributed by atoms with Crippen LogP contribution in [0.2, 0.25) is 5.02 Å². The van der Waals surface area contributed by atoms with E-state index in [0.29, 0.717) is 6.07 Å². The second kappa shape index (κ2) is 7.06. The first-order valence-corrected chi connectivity index (χ1v) is 7.92. The van der Waals surface area contributed by atoms with Gasteiger partial charge in [0.2, 0.25) is 5.95 Å². The Bertz CT molecular complexity index is 827. The number of benzene rings is 1. The highest BCUT2D eigenvalue weighted by Gasteiger charge is 2.36. The number of alkyl halides is 6. The number of halogens is 7. The van der Waals surface area contributed by atoms with Gasteiger partial charge < -0.3 is 10.6 Å². The highest BCUT2D eigenvalue weighted by Crippen LogP contribution is 2.40. The summed E-state index contributed by atoms with van der Waals surface area (Å²) < 4.78 is 78.9. The lowest BCUT2D eigenvalue weighted by atomic mass is 10.1. The van der Waals surface area contributed by atoms with Crippen LogP contribution in [-0.2, 0) is 12.4 Å². The van der Waals surface area contributed by atoms with Gasteiger partial charge >= 0.3 is 12.4 Å². The monoisotopic (exact) mass is 412 g/mol. The van der Waals surface area contributed by atoms with E-state index in [1.54, 1.807) is 20.8 Å². The van der Waals surface area contributed by atoms with E-state index in [-0.39, 0.29) is 11.0 Å². The first kappa shape index (κ1) is 21.1. The molecular formula is C16H15ClF6N4. The molecule has 0 saturated heterocycles. The fourth-order valence-electron chi connectivity index (χ4n) is 2.06. The summed E-state index contributed by atoms with van der Waals surface area (Å²) in [5.74, 6) is -0.872. The van der Waals surface area contributed by atoms with Crippen molar-refractivity contribution >= 4 is 29.1 Å². The van der Waals surface area contributed by atoms with E-state index in [9.17, 15) is 26.3 Å². The van der Waals surface area contributed by atoms with Crippen LogP contribution < -0.4 is 10.6 Å². The van der Waals surface area contributed by atoms with Crippen LogP contribution in [0.3, 0.4) is 0 Å². The molecule has 0 amide bonds. The highest BCUT2D eigenvalue weighted by molar-refractivity contribution is 6.33. The number of para-hydroxylation sites is 1. The highest BCUT2D eigenvalue weighted by atomic mass is 35.5. The Kier molecular flexibility index (Phi) is 5.51. The van der Waals surface area contributed by atoms with Crippen molar-refractivity contribution in [1.29, 1.82) is 0 Å². The van der Waals surface area contributed by atoms with Crippen molar-refractivity contribution in [1.82, 2.24) is 9.97 Å². The van der Waals surface area contributed by atoms with E-state index in [1.165, 1.54) is 6.07 Å². The van der Waals surface area contributed by atoms with Gasteiger partial charge in [0.1, 0.15) is 5.82 Å². The first-order valence-electron chi connectivity index (χ1n) is 7.54. The zero-order valence-electron chi connectivity index (χ0n) is 14.3. The molecule has 2 N–H and O–H groups in total. The van der Waals surface area contributed by atoms with E-state index in [2.05, 4.69) is 20.6 Å². The van der Waals surface area contributed by atoms with Crippen molar-refractivity contribution in [2.75, 3.05) is 10.6 Å². The molecule has 0 atom stereocenters. The summed E-state index contributed by atoms with van der Waals surface area (Å²) in [6.07, 6.45) is -9.58. The summed E-state index contributed by atoms with van der Waals surface area (Å²) >= 11 is 5.82. The van der Waals surface area contributed by atoms with Crippen molar-refractivity contribution in [3.63, 3.8) is 0 Å². The summed E-state index contributed by atoms with van der Waals surface area (Å²) in [6, 6.07) is 3.54. The molecule has 4 nitrogen and oxygen atoms in total. The Morgan fingerprint density at radius 2 is 1.56 bits per heavy atom. The SMILES string of the molecule is CC(C)(C)Nc1nc(Nc2c(Cl)cccc2C(F)(F)F)cc(C(F)(F)F)n1. The molecular weight excluding hydrogens is 398 g/mol. The number of hydrogen-bond donors (Lipinski definition) is 2. The summed E-state index contributed by atoms with van der Waals surface area (Å²) in [5.41, 5.74) is -3.72. The lowest BCUT2D eigenvalue weighted by Crippen LogP contribution is -2.28. The molecule has 0 aliphatic rings. The van der Waals surface area contributed by atoms with Gasteiger partial charge in [-0.1, -0.05) is 17.7 Å². The van der Waals surface area contributed by atoms with Crippen molar-refractivity contribution in [2.24, 2.45) is 0 Å². The number of hydrogen-bond acceptors (Lipinski definition) is 4. The molecule has 0 aliphatic heterocycles. The minimum atomic E-state index is -4.82. The molecule has 0 saturated carbocycles. The van der Waals surface area contributed by atoms with E-state index in [4.69, 9.17) is 11.6 Å². The summed E-state index contributed by atoms with van der Waals surface area (Å²) in [7, 11) is 0. The average Bonchev–Trinajstić information content (AvgIpc) is 2.45. The number of rotatable bonds is 3. The molecule has 27 heavy (non-hydrogen) atoms. The predicted octanol–water partition coefficient (Wildman–Crippen LogP) is 6.12. The van der Waals surface area contributed by atoms with Gasteiger partial charge in [0, 0.05) is 11.6 Å². The van der Waals surface area contributed by atoms with Crippen LogP contribution in [0.1, 0.15) is 32.0 Å². The van der Waals surface area contributed by atoms with Gasteiger partial charge in [-0.25, -0.2) is 4.98 Å². The summed E-state index contributed by atoms with van der Waals surface area (Å²) in [5, 5.41) is 4.59. The second-order valence-electron chi connectivity index (χ2n) is 6.62. The summed E-state index contributed by atoms with van der Waals surface area (Å²) in [4.78, 5) is 7.22. The average molecular weight is 413 g/mol. The molecule has 0 fully saturated rings. The van der Waals surface area contributed by atoms with E-state index >= 15 is 0 Å². The fourth-order valence-corrected chi connectivity index (χ4v) is 2.29. The zero-order valence-corrected chi connectivity index (χ0v) is 15.1. The molecule has 2 aromatic rings. The number of nitrogens with zero attached hydrogens (tertiary/aromatic N) is 2. The van der Waals surface area contributed by atoms with E-state index in [0.717, 1.165) is 12.1 Å². The fraction of sp³-hybridized carbons (Fsp3) is 0.375. The first-order chi connectivity index (χ1) is 12.2. The predicted molar refractivity (Wildman–Crippen MR) is 90.1 cm³/mol. The molecule has 148 valence electrons. The lowest BCUT2D eigenvalue weighted by Gasteiger charge is -2.22. The van der Waals surface area contributed by atoms with Gasteiger partial charge in [0.05, 0.1) is 16.3 Å². The molecule has 0 radical (unpaired) electrons. The van der Waals surface area contributed by atoms with Gasteiger partial charge in [-0.15, -0.1) is 0 Å². The molecule has 0 aliphatic carbocycles. The molecule has 2 rings (SSSR count). The minimum Gasteiger partial charge on any atom is -0.350 e. The van der Waals surface area contributed by atoms with Crippen LogP contribution >= 0.6 is 11.6 Å². The molecule has 1 aromatic carbocycles. The standard InChI is InChI=1S/C16H15ClF6N4/c1-14(2,3)27-13-24-10(16(21,22)23)7-11(26-13)25-12-8(15(18,19)20)5-4-6-9(12)17/h4-7H,1-3H3,(H2,24,25,26,27). The molecule has 0 bridgehead atoms. The van der Waals surface area contributed by atoms with Gasteiger partial charge in [-0.05, 0) is 32.9 Å². The topological polar surface area (TPSA) is 49.8 Å². The quantitative estimate of drug-likeness (QED) is 0.596. The van der Waals surface area contributed by atoms with Gasteiger partial charge in [0.15, 0.2) is 5.69 Å². The Morgan fingerprint density at radius 3 is 2.07 bits per heavy atom. The third kappa shape index (κ3) is 5.62. The van der Waals surface area contributed by atoms with E-state index < -0.39 is 40.7 Å². The number of nitrogens with one attached hydrogen (secondary N) is 2. The van der Waals surface area contributed by atoms with Gasteiger partial charge in [0.25, 0.3) is 0 Å². The molecule has 11 heteroatoms. The Balaban J connectivity index is 2.55. The van der Waals surface area contributed by atoms with E-state index in [1.807, 2.05) is 0 Å². The molecule has 0 unspecified atom stereocenters. The minimum absolute atomic E-state index is 0.317. The number of anilines is 3. The van der Waals surface area contributed by atoms with Crippen LogP contribution in [0.5, 0.6) is 0 Å². The van der Waals surface area contributed by atoms with Crippen LogP contribution in [0.15, 0.2) is 24.3 Å². The van der Waals surface area contributed by atoms with Crippen molar-refractivity contribution in [3.8, 4) is 0 Å². The Labute approximate surface area is 156 Å². The lowest BCUT2D eigenvalue weighted by molar-refractivity contribution is -0.141. The van der Waals surface area contributed by atoms with Gasteiger partial charge in [-0.2, -0.15) is 31.3 Å². The maximum atomic E-state index is 13.2.